The van der Waals surface area contributed by atoms with E-state index < -0.39 is 5.97 Å². The third-order valence-electron chi connectivity index (χ3n) is 3.04. The van der Waals surface area contributed by atoms with Crippen LogP contribution in [0.4, 0.5) is 0 Å². The van der Waals surface area contributed by atoms with E-state index in [1.54, 1.807) is 18.4 Å². The number of hydrogen-bond acceptors (Lipinski definition) is 3. The zero-order valence-corrected chi connectivity index (χ0v) is 12.5. The number of thiophene rings is 1. The minimum Gasteiger partial charge on any atom is -0.481 e. The van der Waals surface area contributed by atoms with Crippen LogP contribution < -0.4 is 0 Å². The molecule has 2 rings (SSSR count). The molecule has 0 saturated heterocycles. The van der Waals surface area contributed by atoms with Crippen LogP contribution in [-0.2, 0) is 16.0 Å². The second-order valence-corrected chi connectivity index (χ2v) is 5.88. The summed E-state index contributed by atoms with van der Waals surface area (Å²) in [6.45, 7) is 0.219. The first-order chi connectivity index (χ1) is 9.47. The summed E-state index contributed by atoms with van der Waals surface area (Å²) in [5, 5.41) is 12.2. The van der Waals surface area contributed by atoms with Crippen molar-refractivity contribution in [3.05, 3.63) is 34.2 Å². The van der Waals surface area contributed by atoms with Crippen LogP contribution in [0.25, 0.3) is 10.1 Å². The summed E-state index contributed by atoms with van der Waals surface area (Å²) in [7, 11) is 1.62. The van der Waals surface area contributed by atoms with Gasteiger partial charge in [-0.15, -0.1) is 11.3 Å². The van der Waals surface area contributed by atoms with Crippen molar-refractivity contribution in [1.29, 1.82) is 0 Å². The van der Waals surface area contributed by atoms with Crippen LogP contribution in [0.1, 0.15) is 12.0 Å². The molecule has 0 fully saturated rings. The summed E-state index contributed by atoms with van der Waals surface area (Å²) in [5.41, 5.74) is 0.930. The van der Waals surface area contributed by atoms with Gasteiger partial charge < -0.3 is 10.0 Å². The number of rotatable bonds is 5. The summed E-state index contributed by atoms with van der Waals surface area (Å²) in [6, 6.07) is 5.61. The van der Waals surface area contributed by atoms with Gasteiger partial charge in [0, 0.05) is 23.3 Å². The molecule has 1 aromatic carbocycles. The molecule has 0 aliphatic rings. The highest BCUT2D eigenvalue weighted by atomic mass is 35.5. The molecule has 0 unspecified atom stereocenters. The summed E-state index contributed by atoms with van der Waals surface area (Å²) < 4.78 is 1.09. The number of likely N-dealkylation sites (N-methyl/N-ethyl adjacent to an activating group) is 1. The Kier molecular flexibility index (Phi) is 4.62. The molecular weight excluding hydrogens is 298 g/mol. The normalized spacial score (nSPS) is 10.7. The third-order valence-corrected chi connectivity index (χ3v) is 4.29. The van der Waals surface area contributed by atoms with E-state index >= 15 is 0 Å². The maximum atomic E-state index is 12.1. The van der Waals surface area contributed by atoms with Crippen molar-refractivity contribution in [2.75, 3.05) is 13.6 Å². The number of halogens is 1. The zero-order chi connectivity index (χ0) is 14.7. The van der Waals surface area contributed by atoms with Crippen LogP contribution in [0.15, 0.2) is 23.6 Å². The lowest BCUT2D eigenvalue weighted by Gasteiger charge is -2.15. The maximum absolute atomic E-state index is 12.1. The molecule has 106 valence electrons. The van der Waals surface area contributed by atoms with Crippen molar-refractivity contribution in [1.82, 2.24) is 4.90 Å². The van der Waals surface area contributed by atoms with E-state index in [1.807, 2.05) is 23.6 Å². The Morgan fingerprint density at radius 3 is 2.85 bits per heavy atom. The lowest BCUT2D eigenvalue weighted by atomic mass is 10.1. The number of aliphatic carboxylic acids is 1. The molecular formula is C14H14ClNO3S. The first kappa shape index (κ1) is 14.8. The second-order valence-electron chi connectivity index (χ2n) is 4.54. The third kappa shape index (κ3) is 3.49. The number of carboxylic acids is 1. The molecule has 0 spiro atoms. The van der Waals surface area contributed by atoms with Crippen LogP contribution in [0, 0.1) is 0 Å². The second kappa shape index (κ2) is 6.24. The van der Waals surface area contributed by atoms with Gasteiger partial charge in [-0.25, -0.2) is 0 Å². The average molecular weight is 312 g/mol. The minimum absolute atomic E-state index is 0.0432. The fourth-order valence-electron chi connectivity index (χ4n) is 1.88. The van der Waals surface area contributed by atoms with Gasteiger partial charge in [-0.05, 0) is 34.5 Å². The number of hydrogen-bond donors (Lipinski definition) is 1. The van der Waals surface area contributed by atoms with E-state index in [1.165, 1.54) is 4.90 Å². The van der Waals surface area contributed by atoms with Crippen LogP contribution >= 0.6 is 22.9 Å². The van der Waals surface area contributed by atoms with Crippen molar-refractivity contribution < 1.29 is 14.7 Å². The molecule has 4 nitrogen and oxygen atoms in total. The predicted molar refractivity (Wildman–Crippen MR) is 80.4 cm³/mol. The van der Waals surface area contributed by atoms with Crippen molar-refractivity contribution in [2.24, 2.45) is 0 Å². The van der Waals surface area contributed by atoms with Gasteiger partial charge in [0.15, 0.2) is 0 Å². The molecule has 1 N–H and O–H groups in total. The van der Waals surface area contributed by atoms with E-state index in [-0.39, 0.29) is 25.3 Å². The fraction of sp³-hybridized carbons (Fsp3) is 0.286. The van der Waals surface area contributed by atoms with Crippen LogP contribution in [0.3, 0.4) is 0 Å². The van der Waals surface area contributed by atoms with Crippen molar-refractivity contribution in [2.45, 2.75) is 12.8 Å². The molecule has 1 heterocycles. The SMILES string of the molecule is CN(CCC(=O)O)C(=O)Cc1csc2ccc(Cl)cc12. The molecule has 1 aromatic heterocycles. The molecule has 0 bridgehead atoms. The number of carboxylic acid groups (broad SMARTS) is 1. The van der Waals surface area contributed by atoms with Crippen molar-refractivity contribution in [3.8, 4) is 0 Å². The molecule has 0 aliphatic carbocycles. The quantitative estimate of drug-likeness (QED) is 0.923. The molecule has 0 atom stereocenters. The molecule has 6 heteroatoms. The molecule has 20 heavy (non-hydrogen) atoms. The van der Waals surface area contributed by atoms with E-state index in [0.29, 0.717) is 5.02 Å². The Morgan fingerprint density at radius 1 is 1.40 bits per heavy atom. The van der Waals surface area contributed by atoms with E-state index in [2.05, 4.69) is 0 Å². The van der Waals surface area contributed by atoms with E-state index in [4.69, 9.17) is 16.7 Å². The summed E-state index contributed by atoms with van der Waals surface area (Å²) in [6.07, 6.45) is 0.217. The lowest BCUT2D eigenvalue weighted by molar-refractivity contribution is -0.138. The number of carbonyl (C=O) groups excluding carboxylic acids is 1. The fourth-order valence-corrected chi connectivity index (χ4v) is 2.99. The highest BCUT2D eigenvalue weighted by molar-refractivity contribution is 7.17. The Bertz CT molecular complexity index is 653. The zero-order valence-electron chi connectivity index (χ0n) is 10.9. The monoisotopic (exact) mass is 311 g/mol. The number of fused-ring (bicyclic) bond motifs is 1. The first-order valence-electron chi connectivity index (χ1n) is 6.09. The largest absolute Gasteiger partial charge is 0.481 e. The molecule has 2 aromatic rings. The van der Waals surface area contributed by atoms with Crippen molar-refractivity contribution in [3.63, 3.8) is 0 Å². The number of carbonyl (C=O) groups is 2. The topological polar surface area (TPSA) is 57.6 Å². The number of nitrogens with zero attached hydrogens (tertiary/aromatic N) is 1. The maximum Gasteiger partial charge on any atom is 0.305 e. The standard InChI is InChI=1S/C14H14ClNO3S/c1-16(5-4-14(18)19)13(17)6-9-8-20-12-3-2-10(15)7-11(9)12/h2-3,7-8H,4-6H2,1H3,(H,18,19). The number of amides is 1. The summed E-state index contributed by atoms with van der Waals surface area (Å²) in [5.74, 6) is -0.997. The predicted octanol–water partition coefficient (Wildman–Crippen LogP) is 3.03. The summed E-state index contributed by atoms with van der Waals surface area (Å²) in [4.78, 5) is 24.0. The number of benzene rings is 1. The van der Waals surface area contributed by atoms with Gasteiger partial charge in [-0.3, -0.25) is 9.59 Å². The molecule has 0 saturated carbocycles. The lowest BCUT2D eigenvalue weighted by Crippen LogP contribution is -2.30. The highest BCUT2D eigenvalue weighted by Crippen LogP contribution is 2.29. The highest BCUT2D eigenvalue weighted by Gasteiger charge is 2.14. The molecule has 0 radical (unpaired) electrons. The van der Waals surface area contributed by atoms with Crippen molar-refractivity contribution >= 4 is 44.9 Å². The van der Waals surface area contributed by atoms with Gasteiger partial charge in [0.2, 0.25) is 5.91 Å². The Morgan fingerprint density at radius 2 is 2.15 bits per heavy atom. The minimum atomic E-state index is -0.905. The Balaban J connectivity index is 2.09. The van der Waals surface area contributed by atoms with E-state index in [0.717, 1.165) is 15.6 Å². The smallest absolute Gasteiger partial charge is 0.305 e. The van der Waals surface area contributed by atoms with Crippen LogP contribution in [0.2, 0.25) is 5.02 Å². The van der Waals surface area contributed by atoms with Gasteiger partial charge in [0.1, 0.15) is 0 Å². The van der Waals surface area contributed by atoms with Gasteiger partial charge in [0.05, 0.1) is 12.8 Å². The Hall–Kier alpha value is -1.59. The van der Waals surface area contributed by atoms with E-state index in [9.17, 15) is 9.59 Å². The Labute approximate surface area is 125 Å². The van der Waals surface area contributed by atoms with Gasteiger partial charge >= 0.3 is 5.97 Å². The van der Waals surface area contributed by atoms with Gasteiger partial charge in [0.25, 0.3) is 0 Å². The average Bonchev–Trinajstić information content (AvgIpc) is 2.78. The van der Waals surface area contributed by atoms with Crippen LogP contribution in [-0.4, -0.2) is 35.5 Å². The van der Waals surface area contributed by atoms with Crippen LogP contribution in [0.5, 0.6) is 0 Å². The van der Waals surface area contributed by atoms with Gasteiger partial charge in [-0.1, -0.05) is 11.6 Å². The molecule has 0 aliphatic heterocycles. The summed E-state index contributed by atoms with van der Waals surface area (Å²) >= 11 is 7.55. The molecule has 1 amide bonds. The first-order valence-corrected chi connectivity index (χ1v) is 7.34. The van der Waals surface area contributed by atoms with Gasteiger partial charge in [-0.2, -0.15) is 0 Å².